The summed E-state index contributed by atoms with van der Waals surface area (Å²) in [7, 11) is 0. The van der Waals surface area contributed by atoms with Crippen LogP contribution in [0.25, 0.3) is 0 Å². The molecule has 0 atom stereocenters. The highest BCUT2D eigenvalue weighted by atomic mass is 16.2. The zero-order valence-electron chi connectivity index (χ0n) is 12.4. The molecule has 1 aromatic heterocycles. The number of H-pyrrole nitrogens is 1. The van der Waals surface area contributed by atoms with Gasteiger partial charge in [-0.2, -0.15) is 0 Å². The molecular formula is C17H21N3O. The molecule has 1 aliphatic heterocycles. The molecule has 21 heavy (non-hydrogen) atoms. The number of carbonyl (C=O) groups excluding carboxylic acids is 1. The lowest BCUT2D eigenvalue weighted by molar-refractivity contribution is -0.131. The second-order valence-electron chi connectivity index (χ2n) is 5.80. The van der Waals surface area contributed by atoms with Crippen molar-refractivity contribution in [2.24, 2.45) is 0 Å². The van der Waals surface area contributed by atoms with E-state index in [1.807, 2.05) is 23.2 Å². The maximum atomic E-state index is 12.4. The van der Waals surface area contributed by atoms with E-state index in [1.165, 1.54) is 5.56 Å². The smallest absolute Gasteiger partial charge is 0.226 e. The molecule has 1 saturated heterocycles. The first-order valence-electron chi connectivity index (χ1n) is 7.55. The van der Waals surface area contributed by atoms with Gasteiger partial charge in [-0.05, 0) is 25.3 Å². The van der Waals surface area contributed by atoms with Crippen LogP contribution in [0, 0.1) is 6.92 Å². The molecule has 0 spiro atoms. The zero-order chi connectivity index (χ0) is 14.7. The van der Waals surface area contributed by atoms with Gasteiger partial charge in [-0.1, -0.05) is 29.8 Å². The minimum absolute atomic E-state index is 0.235. The lowest BCUT2D eigenvalue weighted by Gasteiger charge is -2.31. The first-order chi connectivity index (χ1) is 10.2. The Kier molecular flexibility index (Phi) is 4.04. The molecule has 0 unspecified atom stereocenters. The van der Waals surface area contributed by atoms with E-state index < -0.39 is 0 Å². The summed E-state index contributed by atoms with van der Waals surface area (Å²) in [6.07, 6.45) is 6.16. The monoisotopic (exact) mass is 283 g/mol. The van der Waals surface area contributed by atoms with Crippen molar-refractivity contribution >= 4 is 5.91 Å². The number of aryl methyl sites for hydroxylation is 1. The Balaban J connectivity index is 1.55. The Bertz CT molecular complexity index is 598. The van der Waals surface area contributed by atoms with Gasteiger partial charge in [0.25, 0.3) is 0 Å². The molecule has 0 bridgehead atoms. The average molecular weight is 283 g/mol. The van der Waals surface area contributed by atoms with Crippen LogP contribution in [0.1, 0.15) is 35.7 Å². The van der Waals surface area contributed by atoms with Gasteiger partial charge in [-0.3, -0.25) is 4.79 Å². The predicted molar refractivity (Wildman–Crippen MR) is 82.0 cm³/mol. The number of rotatable bonds is 3. The molecule has 0 aliphatic carbocycles. The number of piperidine rings is 1. The van der Waals surface area contributed by atoms with Crippen LogP contribution in [0.5, 0.6) is 0 Å². The Morgan fingerprint density at radius 3 is 2.86 bits per heavy atom. The number of aromatic amines is 1. The topological polar surface area (TPSA) is 49.0 Å². The number of benzene rings is 1. The summed E-state index contributed by atoms with van der Waals surface area (Å²) in [5, 5.41) is 0. The minimum Gasteiger partial charge on any atom is -0.348 e. The Hall–Kier alpha value is -2.10. The summed E-state index contributed by atoms with van der Waals surface area (Å²) in [5.74, 6) is 1.75. The van der Waals surface area contributed by atoms with Gasteiger partial charge in [0.05, 0.1) is 6.42 Å². The van der Waals surface area contributed by atoms with Crippen LogP contribution in [0.3, 0.4) is 0 Å². The van der Waals surface area contributed by atoms with E-state index in [9.17, 15) is 4.79 Å². The van der Waals surface area contributed by atoms with E-state index >= 15 is 0 Å². The minimum atomic E-state index is 0.235. The van der Waals surface area contributed by atoms with E-state index in [-0.39, 0.29) is 5.91 Å². The third-order valence-electron chi connectivity index (χ3n) is 4.19. The summed E-state index contributed by atoms with van der Waals surface area (Å²) < 4.78 is 0. The van der Waals surface area contributed by atoms with E-state index in [0.717, 1.165) is 37.3 Å². The van der Waals surface area contributed by atoms with Crippen molar-refractivity contribution in [3.05, 3.63) is 53.6 Å². The standard InChI is InChI=1S/C17H21N3O/c1-13-3-2-4-14(11-13)12-16(21)20-9-5-15(6-10-20)17-18-7-8-19-17/h2-4,7-8,11,15H,5-6,9-10,12H2,1H3,(H,18,19). The Morgan fingerprint density at radius 2 is 2.19 bits per heavy atom. The molecular weight excluding hydrogens is 262 g/mol. The van der Waals surface area contributed by atoms with Gasteiger partial charge in [-0.25, -0.2) is 4.98 Å². The number of likely N-dealkylation sites (tertiary alicyclic amines) is 1. The fourth-order valence-electron chi connectivity index (χ4n) is 3.01. The highest BCUT2D eigenvalue weighted by Gasteiger charge is 2.24. The van der Waals surface area contributed by atoms with E-state index in [0.29, 0.717) is 12.3 Å². The molecule has 1 amide bonds. The summed E-state index contributed by atoms with van der Waals surface area (Å²) in [5.41, 5.74) is 2.31. The quantitative estimate of drug-likeness (QED) is 0.941. The number of imidazole rings is 1. The first kappa shape index (κ1) is 13.9. The summed E-state index contributed by atoms with van der Waals surface area (Å²) in [4.78, 5) is 21.9. The summed E-state index contributed by atoms with van der Waals surface area (Å²) in [6, 6.07) is 8.19. The molecule has 1 aliphatic rings. The van der Waals surface area contributed by atoms with Gasteiger partial charge in [0.1, 0.15) is 5.82 Å². The van der Waals surface area contributed by atoms with Crippen molar-refractivity contribution in [3.63, 3.8) is 0 Å². The lowest BCUT2D eigenvalue weighted by Crippen LogP contribution is -2.39. The largest absolute Gasteiger partial charge is 0.348 e. The second-order valence-corrected chi connectivity index (χ2v) is 5.80. The molecule has 2 aromatic rings. The molecule has 1 aromatic carbocycles. The van der Waals surface area contributed by atoms with Crippen molar-refractivity contribution in [2.75, 3.05) is 13.1 Å². The molecule has 110 valence electrons. The third-order valence-corrected chi connectivity index (χ3v) is 4.19. The Morgan fingerprint density at radius 1 is 1.38 bits per heavy atom. The summed E-state index contributed by atoms with van der Waals surface area (Å²) in [6.45, 7) is 3.72. The van der Waals surface area contributed by atoms with E-state index in [1.54, 1.807) is 6.20 Å². The van der Waals surface area contributed by atoms with Crippen LogP contribution >= 0.6 is 0 Å². The number of amides is 1. The van der Waals surface area contributed by atoms with Gasteiger partial charge in [0.15, 0.2) is 0 Å². The van der Waals surface area contributed by atoms with Crippen LogP contribution in [0.15, 0.2) is 36.7 Å². The maximum Gasteiger partial charge on any atom is 0.226 e. The number of nitrogens with one attached hydrogen (secondary N) is 1. The number of carbonyl (C=O) groups is 1. The van der Waals surface area contributed by atoms with Gasteiger partial charge in [0.2, 0.25) is 5.91 Å². The van der Waals surface area contributed by atoms with Crippen molar-refractivity contribution in [3.8, 4) is 0 Å². The first-order valence-corrected chi connectivity index (χ1v) is 7.55. The molecule has 4 heteroatoms. The van der Waals surface area contributed by atoms with E-state index in [2.05, 4.69) is 29.0 Å². The van der Waals surface area contributed by atoms with Crippen molar-refractivity contribution in [2.45, 2.75) is 32.1 Å². The highest BCUT2D eigenvalue weighted by Crippen LogP contribution is 2.25. The predicted octanol–water partition coefficient (Wildman–Crippen LogP) is 2.67. The molecule has 1 fully saturated rings. The molecule has 2 heterocycles. The van der Waals surface area contributed by atoms with Crippen LogP contribution in [-0.4, -0.2) is 33.9 Å². The van der Waals surface area contributed by atoms with Crippen molar-refractivity contribution < 1.29 is 4.79 Å². The van der Waals surface area contributed by atoms with Crippen LogP contribution in [-0.2, 0) is 11.2 Å². The molecule has 0 radical (unpaired) electrons. The van der Waals surface area contributed by atoms with Gasteiger partial charge < -0.3 is 9.88 Å². The second kappa shape index (κ2) is 6.12. The summed E-state index contributed by atoms with van der Waals surface area (Å²) >= 11 is 0. The highest BCUT2D eigenvalue weighted by molar-refractivity contribution is 5.78. The third kappa shape index (κ3) is 3.32. The lowest BCUT2D eigenvalue weighted by atomic mass is 9.95. The van der Waals surface area contributed by atoms with Crippen LogP contribution in [0.2, 0.25) is 0 Å². The van der Waals surface area contributed by atoms with Gasteiger partial charge in [-0.15, -0.1) is 0 Å². The molecule has 3 rings (SSSR count). The fraction of sp³-hybridized carbons (Fsp3) is 0.412. The van der Waals surface area contributed by atoms with Gasteiger partial charge >= 0.3 is 0 Å². The van der Waals surface area contributed by atoms with Gasteiger partial charge in [0, 0.05) is 31.4 Å². The van der Waals surface area contributed by atoms with Crippen molar-refractivity contribution in [1.29, 1.82) is 0 Å². The number of nitrogens with zero attached hydrogens (tertiary/aromatic N) is 2. The number of hydrogen-bond donors (Lipinski definition) is 1. The Labute approximate surface area is 125 Å². The SMILES string of the molecule is Cc1cccc(CC(=O)N2CCC(c3ncc[nH]3)CC2)c1. The fourth-order valence-corrected chi connectivity index (χ4v) is 3.01. The average Bonchev–Trinajstić information content (AvgIpc) is 3.01. The molecule has 4 nitrogen and oxygen atoms in total. The number of aromatic nitrogens is 2. The molecule has 0 saturated carbocycles. The van der Waals surface area contributed by atoms with Crippen LogP contribution < -0.4 is 0 Å². The maximum absolute atomic E-state index is 12.4. The van der Waals surface area contributed by atoms with Crippen LogP contribution in [0.4, 0.5) is 0 Å². The number of hydrogen-bond acceptors (Lipinski definition) is 2. The zero-order valence-corrected chi connectivity index (χ0v) is 12.4. The van der Waals surface area contributed by atoms with E-state index in [4.69, 9.17) is 0 Å². The normalized spacial score (nSPS) is 16.1. The van der Waals surface area contributed by atoms with Crippen molar-refractivity contribution in [1.82, 2.24) is 14.9 Å². The molecule has 1 N–H and O–H groups in total.